The van der Waals surface area contributed by atoms with Gasteiger partial charge in [0, 0.05) is 10.7 Å². The molecule has 1 aromatic heterocycles. The van der Waals surface area contributed by atoms with E-state index in [9.17, 15) is 9.18 Å². The Hall–Kier alpha value is -2.48. The van der Waals surface area contributed by atoms with Gasteiger partial charge in [0.15, 0.2) is 5.84 Å². The van der Waals surface area contributed by atoms with Gasteiger partial charge in [-0.15, -0.1) is 0 Å². The molecule has 1 heterocycles. The molecule has 0 bridgehead atoms. The van der Waals surface area contributed by atoms with Crippen LogP contribution in [0.2, 0.25) is 0 Å². The number of nitrogens with two attached hydrogens (primary N) is 1. The van der Waals surface area contributed by atoms with Gasteiger partial charge in [-0.2, -0.15) is 0 Å². The third kappa shape index (κ3) is 3.34. The molecule has 0 unspecified atom stereocenters. The molecule has 6 nitrogen and oxygen atoms in total. The molecule has 2 rings (SSSR count). The number of anilines is 1. The highest BCUT2D eigenvalue weighted by atomic mass is 79.9. The van der Waals surface area contributed by atoms with Gasteiger partial charge >= 0.3 is 0 Å². The number of aromatic nitrogens is 1. The number of nitrogens with one attached hydrogen (secondary N) is 1. The summed E-state index contributed by atoms with van der Waals surface area (Å²) in [6.45, 7) is 0. The maximum absolute atomic E-state index is 13.7. The molecule has 0 saturated carbocycles. The van der Waals surface area contributed by atoms with Crippen LogP contribution in [0.5, 0.6) is 0 Å². The Morgan fingerprint density at radius 1 is 1.38 bits per heavy atom. The highest BCUT2D eigenvalue weighted by Gasteiger charge is 2.16. The summed E-state index contributed by atoms with van der Waals surface area (Å²) in [6.07, 6.45) is 1.46. The van der Waals surface area contributed by atoms with Crippen LogP contribution in [0.3, 0.4) is 0 Å². The number of nitrogens with zero attached hydrogens (tertiary/aromatic N) is 2. The summed E-state index contributed by atoms with van der Waals surface area (Å²) in [5.74, 6) is -1.70. The Balaban J connectivity index is 2.33. The van der Waals surface area contributed by atoms with Crippen LogP contribution in [-0.2, 0) is 0 Å². The SMILES string of the molecule is NC(=NO)c1c(F)cccc1NC(=O)c1ccc(Br)cn1. The lowest BCUT2D eigenvalue weighted by Crippen LogP contribution is -2.21. The fraction of sp³-hybridized carbons (Fsp3) is 0. The van der Waals surface area contributed by atoms with E-state index < -0.39 is 17.6 Å². The molecule has 0 saturated heterocycles. The lowest BCUT2D eigenvalue weighted by atomic mass is 10.1. The molecule has 0 aliphatic rings. The van der Waals surface area contributed by atoms with Gasteiger partial charge in [0.1, 0.15) is 11.5 Å². The Kier molecular flexibility index (Phi) is 4.49. The topological polar surface area (TPSA) is 101 Å². The van der Waals surface area contributed by atoms with E-state index in [0.29, 0.717) is 0 Å². The first kappa shape index (κ1) is 14.9. The third-order valence-electron chi connectivity index (χ3n) is 2.59. The smallest absolute Gasteiger partial charge is 0.274 e. The molecule has 0 spiro atoms. The van der Waals surface area contributed by atoms with E-state index in [2.05, 4.69) is 31.4 Å². The number of pyridine rings is 1. The van der Waals surface area contributed by atoms with Gasteiger partial charge in [-0.3, -0.25) is 4.79 Å². The van der Waals surface area contributed by atoms with Gasteiger partial charge in [-0.25, -0.2) is 9.37 Å². The van der Waals surface area contributed by atoms with Crippen LogP contribution >= 0.6 is 15.9 Å². The molecule has 4 N–H and O–H groups in total. The number of rotatable bonds is 3. The molecule has 8 heteroatoms. The van der Waals surface area contributed by atoms with Gasteiger partial charge < -0.3 is 16.3 Å². The van der Waals surface area contributed by atoms with Crippen molar-refractivity contribution in [3.8, 4) is 0 Å². The summed E-state index contributed by atoms with van der Waals surface area (Å²) in [5.41, 5.74) is 5.46. The molecule has 21 heavy (non-hydrogen) atoms. The van der Waals surface area contributed by atoms with Gasteiger partial charge in [-0.05, 0) is 40.2 Å². The molecule has 2 aromatic rings. The predicted octanol–water partition coefficient (Wildman–Crippen LogP) is 2.33. The molecule has 0 aliphatic carbocycles. The van der Waals surface area contributed by atoms with E-state index in [1.807, 2.05) is 0 Å². The number of oxime groups is 1. The molecule has 1 amide bonds. The molecule has 0 radical (unpaired) electrons. The van der Waals surface area contributed by atoms with Crippen LogP contribution < -0.4 is 11.1 Å². The zero-order valence-corrected chi connectivity index (χ0v) is 12.1. The lowest BCUT2D eigenvalue weighted by molar-refractivity contribution is 0.102. The lowest BCUT2D eigenvalue weighted by Gasteiger charge is -2.10. The quantitative estimate of drug-likeness (QED) is 0.341. The summed E-state index contributed by atoms with van der Waals surface area (Å²) in [5, 5.41) is 13.9. The number of halogens is 2. The molecule has 0 aliphatic heterocycles. The van der Waals surface area contributed by atoms with Crippen LogP contribution in [0, 0.1) is 5.82 Å². The number of carbonyl (C=O) groups excluding carboxylic acids is 1. The maximum Gasteiger partial charge on any atom is 0.274 e. The van der Waals surface area contributed by atoms with Crippen LogP contribution in [0.1, 0.15) is 16.1 Å². The van der Waals surface area contributed by atoms with E-state index in [1.54, 1.807) is 6.07 Å². The number of hydrogen-bond acceptors (Lipinski definition) is 4. The summed E-state index contributed by atoms with van der Waals surface area (Å²) in [7, 11) is 0. The normalized spacial score (nSPS) is 11.2. The fourth-order valence-electron chi connectivity index (χ4n) is 1.64. The van der Waals surface area contributed by atoms with Crippen LogP contribution in [-0.4, -0.2) is 21.9 Å². The second kappa shape index (κ2) is 6.31. The van der Waals surface area contributed by atoms with Crippen molar-refractivity contribution in [2.75, 3.05) is 5.32 Å². The van der Waals surface area contributed by atoms with Crippen molar-refractivity contribution in [3.63, 3.8) is 0 Å². The highest BCUT2D eigenvalue weighted by molar-refractivity contribution is 9.10. The van der Waals surface area contributed by atoms with Gasteiger partial charge in [0.05, 0.1) is 11.3 Å². The monoisotopic (exact) mass is 352 g/mol. The van der Waals surface area contributed by atoms with E-state index in [0.717, 1.165) is 10.5 Å². The van der Waals surface area contributed by atoms with Crippen LogP contribution in [0.25, 0.3) is 0 Å². The number of amides is 1. The number of amidine groups is 1. The van der Waals surface area contributed by atoms with Crippen LogP contribution in [0.15, 0.2) is 46.2 Å². The van der Waals surface area contributed by atoms with Crippen molar-refractivity contribution in [3.05, 3.63) is 58.1 Å². The molecule has 108 valence electrons. The van der Waals surface area contributed by atoms with Crippen LogP contribution in [0.4, 0.5) is 10.1 Å². The Labute approximate surface area is 127 Å². The molecular weight excluding hydrogens is 343 g/mol. The summed E-state index contributed by atoms with van der Waals surface area (Å²) in [4.78, 5) is 16.0. The second-order valence-corrected chi connectivity index (χ2v) is 4.88. The number of benzene rings is 1. The van der Waals surface area contributed by atoms with E-state index in [1.165, 1.54) is 24.4 Å². The van der Waals surface area contributed by atoms with Crippen molar-refractivity contribution >= 4 is 33.4 Å². The molecule has 0 atom stereocenters. The maximum atomic E-state index is 13.7. The van der Waals surface area contributed by atoms with Crippen molar-refractivity contribution < 1.29 is 14.4 Å². The minimum absolute atomic E-state index is 0.0834. The van der Waals surface area contributed by atoms with Gasteiger partial charge in [0.2, 0.25) is 0 Å². The minimum Gasteiger partial charge on any atom is -0.409 e. The zero-order valence-electron chi connectivity index (χ0n) is 10.5. The molecular formula is C13H10BrFN4O2. The first-order valence-electron chi connectivity index (χ1n) is 5.72. The summed E-state index contributed by atoms with van der Waals surface area (Å²) in [6, 6.07) is 7.13. The Morgan fingerprint density at radius 2 is 2.14 bits per heavy atom. The number of carbonyl (C=O) groups is 1. The zero-order chi connectivity index (χ0) is 15.4. The summed E-state index contributed by atoms with van der Waals surface area (Å²) < 4.78 is 14.5. The molecule has 1 aromatic carbocycles. The van der Waals surface area contributed by atoms with Crippen molar-refractivity contribution in [2.24, 2.45) is 10.9 Å². The Morgan fingerprint density at radius 3 is 2.76 bits per heavy atom. The first-order chi connectivity index (χ1) is 10.0. The third-order valence-corrected chi connectivity index (χ3v) is 3.05. The van der Waals surface area contributed by atoms with Gasteiger partial charge in [0.25, 0.3) is 5.91 Å². The Bertz CT molecular complexity index is 704. The van der Waals surface area contributed by atoms with E-state index >= 15 is 0 Å². The standard InChI is InChI=1S/C13H10BrFN4O2/c14-7-4-5-10(17-6-7)13(20)18-9-3-1-2-8(15)11(9)12(16)19-21/h1-6,21H,(H2,16,19)(H,18,20). The second-order valence-electron chi connectivity index (χ2n) is 3.96. The molecule has 0 fully saturated rings. The average Bonchev–Trinajstić information content (AvgIpc) is 2.47. The largest absolute Gasteiger partial charge is 0.409 e. The minimum atomic E-state index is -0.716. The van der Waals surface area contributed by atoms with Crippen molar-refractivity contribution in [1.82, 2.24) is 4.98 Å². The van der Waals surface area contributed by atoms with Gasteiger partial charge in [-0.1, -0.05) is 11.2 Å². The van der Waals surface area contributed by atoms with Crippen molar-refractivity contribution in [2.45, 2.75) is 0 Å². The first-order valence-corrected chi connectivity index (χ1v) is 6.51. The van der Waals surface area contributed by atoms with Crippen molar-refractivity contribution in [1.29, 1.82) is 0 Å². The number of hydrogen-bond donors (Lipinski definition) is 3. The predicted molar refractivity (Wildman–Crippen MR) is 78.8 cm³/mol. The average molecular weight is 353 g/mol. The fourth-order valence-corrected chi connectivity index (χ4v) is 1.87. The summed E-state index contributed by atoms with van der Waals surface area (Å²) >= 11 is 3.21. The van der Waals surface area contributed by atoms with E-state index in [-0.39, 0.29) is 16.9 Å². The highest BCUT2D eigenvalue weighted by Crippen LogP contribution is 2.19. The van der Waals surface area contributed by atoms with E-state index in [4.69, 9.17) is 10.9 Å².